The summed E-state index contributed by atoms with van der Waals surface area (Å²) in [4.78, 5) is 40.0. The van der Waals surface area contributed by atoms with Gasteiger partial charge in [0.1, 0.15) is 5.82 Å². The van der Waals surface area contributed by atoms with E-state index in [0.717, 1.165) is 5.56 Å². The van der Waals surface area contributed by atoms with Crippen LogP contribution in [0.15, 0.2) is 54.6 Å². The molecular formula is C24H25ClN6O3. The highest BCUT2D eigenvalue weighted by molar-refractivity contribution is 6.34. The van der Waals surface area contributed by atoms with Crippen LogP contribution in [0.1, 0.15) is 17.3 Å². The summed E-state index contributed by atoms with van der Waals surface area (Å²) in [5.74, 6) is 0.293. The van der Waals surface area contributed by atoms with Crippen LogP contribution in [-0.4, -0.2) is 63.6 Å². The third kappa shape index (κ3) is 5.20. The molecule has 1 aromatic heterocycles. The lowest BCUT2D eigenvalue weighted by molar-refractivity contribution is -0.130. The van der Waals surface area contributed by atoms with Crippen molar-refractivity contribution in [2.24, 2.45) is 7.05 Å². The van der Waals surface area contributed by atoms with Gasteiger partial charge in [0.25, 0.3) is 5.91 Å². The molecule has 0 aliphatic carbocycles. The fourth-order valence-corrected chi connectivity index (χ4v) is 3.93. The first-order chi connectivity index (χ1) is 16.3. The largest absolute Gasteiger partial charge is 0.339 e. The fraction of sp³-hybridized carbons (Fsp3) is 0.250. The number of benzene rings is 2. The topological polar surface area (TPSA) is 99.6 Å². The minimum absolute atomic E-state index is 0.0192. The molecule has 9 nitrogen and oxygen atoms in total. The average Bonchev–Trinajstić information content (AvgIpc) is 3.19. The Morgan fingerprint density at radius 2 is 1.56 bits per heavy atom. The van der Waals surface area contributed by atoms with Gasteiger partial charge in [0.2, 0.25) is 5.91 Å². The van der Waals surface area contributed by atoms with Crippen LogP contribution in [-0.2, 0) is 11.8 Å². The van der Waals surface area contributed by atoms with E-state index < -0.39 is 0 Å². The van der Waals surface area contributed by atoms with Gasteiger partial charge in [-0.3, -0.25) is 19.6 Å². The number of aryl methyl sites for hydroxylation is 1. The van der Waals surface area contributed by atoms with E-state index in [1.807, 2.05) is 12.1 Å². The van der Waals surface area contributed by atoms with Crippen LogP contribution >= 0.6 is 11.6 Å². The van der Waals surface area contributed by atoms with Gasteiger partial charge in [0.15, 0.2) is 0 Å². The summed E-state index contributed by atoms with van der Waals surface area (Å²) in [6.07, 6.45) is 0. The van der Waals surface area contributed by atoms with Gasteiger partial charge in [0.05, 0.1) is 16.3 Å². The monoisotopic (exact) mass is 480 g/mol. The molecule has 0 bridgehead atoms. The highest BCUT2D eigenvalue weighted by Crippen LogP contribution is 2.24. The van der Waals surface area contributed by atoms with Gasteiger partial charge in [-0.2, -0.15) is 5.10 Å². The molecule has 4 rings (SSSR count). The zero-order valence-electron chi connectivity index (χ0n) is 18.9. The molecule has 2 N–H and O–H groups in total. The van der Waals surface area contributed by atoms with Gasteiger partial charge in [-0.05, 0) is 24.3 Å². The molecule has 10 heteroatoms. The standard InChI is InChI=1S/C24H25ClN6O3/c1-16(32)30-11-13-31(14-12-30)24(34)27-22-15-21(28-29(22)2)17-7-9-18(10-8-17)26-23(33)19-5-3-4-6-20(19)25/h3-10,15H,11-14H2,1-2H3,(H,26,33)(H,27,34). The van der Waals surface area contributed by atoms with Crippen molar-refractivity contribution in [2.75, 3.05) is 36.8 Å². The van der Waals surface area contributed by atoms with E-state index in [1.54, 1.807) is 64.0 Å². The zero-order chi connectivity index (χ0) is 24.2. The van der Waals surface area contributed by atoms with Gasteiger partial charge >= 0.3 is 6.03 Å². The summed E-state index contributed by atoms with van der Waals surface area (Å²) in [6, 6.07) is 15.7. The Labute approximate surface area is 202 Å². The molecular weight excluding hydrogens is 456 g/mol. The highest BCUT2D eigenvalue weighted by Gasteiger charge is 2.23. The van der Waals surface area contributed by atoms with Gasteiger partial charge in [-0.1, -0.05) is 35.9 Å². The fourth-order valence-electron chi connectivity index (χ4n) is 3.71. The maximum atomic E-state index is 12.7. The number of hydrogen-bond donors (Lipinski definition) is 2. The molecule has 1 aliphatic heterocycles. The summed E-state index contributed by atoms with van der Waals surface area (Å²) >= 11 is 6.09. The lowest BCUT2D eigenvalue weighted by Gasteiger charge is -2.34. The van der Waals surface area contributed by atoms with Crippen molar-refractivity contribution in [1.29, 1.82) is 0 Å². The van der Waals surface area contributed by atoms with Crippen molar-refractivity contribution >= 4 is 41.0 Å². The smallest absolute Gasteiger partial charge is 0.323 e. The average molecular weight is 481 g/mol. The molecule has 34 heavy (non-hydrogen) atoms. The molecule has 4 amide bonds. The Kier molecular flexibility index (Phi) is 6.83. The summed E-state index contributed by atoms with van der Waals surface area (Å²) in [5.41, 5.74) is 2.55. The molecule has 3 aromatic rings. The number of nitrogens with zero attached hydrogens (tertiary/aromatic N) is 4. The van der Waals surface area contributed by atoms with Crippen LogP contribution in [0, 0.1) is 0 Å². The van der Waals surface area contributed by atoms with E-state index in [2.05, 4.69) is 15.7 Å². The number of hydrogen-bond acceptors (Lipinski definition) is 4. The summed E-state index contributed by atoms with van der Waals surface area (Å²) in [7, 11) is 1.75. The van der Waals surface area contributed by atoms with Crippen LogP contribution in [0.2, 0.25) is 5.02 Å². The second-order valence-corrected chi connectivity index (χ2v) is 8.38. The molecule has 0 atom stereocenters. The maximum Gasteiger partial charge on any atom is 0.323 e. The predicted molar refractivity (Wildman–Crippen MR) is 131 cm³/mol. The van der Waals surface area contributed by atoms with Crippen LogP contribution in [0.5, 0.6) is 0 Å². The molecule has 2 heterocycles. The molecule has 0 saturated carbocycles. The predicted octanol–water partition coefficient (Wildman–Crippen LogP) is 3.69. The van der Waals surface area contributed by atoms with Crippen LogP contribution in [0.4, 0.5) is 16.3 Å². The van der Waals surface area contributed by atoms with Crippen LogP contribution < -0.4 is 10.6 Å². The van der Waals surface area contributed by atoms with E-state index in [4.69, 9.17) is 11.6 Å². The molecule has 0 spiro atoms. The minimum atomic E-state index is -0.287. The summed E-state index contributed by atoms with van der Waals surface area (Å²) in [5, 5.41) is 10.6. The molecule has 0 radical (unpaired) electrons. The van der Waals surface area contributed by atoms with Crippen molar-refractivity contribution in [1.82, 2.24) is 19.6 Å². The lowest BCUT2D eigenvalue weighted by atomic mass is 10.1. The normalized spacial score (nSPS) is 13.5. The number of carbonyl (C=O) groups is 3. The maximum absolute atomic E-state index is 12.7. The van der Waals surface area contributed by atoms with Crippen LogP contribution in [0.25, 0.3) is 11.3 Å². The second-order valence-electron chi connectivity index (χ2n) is 7.97. The minimum Gasteiger partial charge on any atom is -0.339 e. The summed E-state index contributed by atoms with van der Waals surface area (Å²) < 4.78 is 1.60. The Balaban J connectivity index is 1.39. The zero-order valence-corrected chi connectivity index (χ0v) is 19.7. The Hall–Kier alpha value is -3.85. The molecule has 2 aromatic carbocycles. The number of urea groups is 1. The third-order valence-corrected chi connectivity index (χ3v) is 6.01. The number of amides is 4. The number of carbonyl (C=O) groups excluding carboxylic acids is 3. The van der Waals surface area contributed by atoms with Gasteiger partial charge in [0, 0.05) is 57.5 Å². The second kappa shape index (κ2) is 9.96. The first kappa shape index (κ1) is 23.3. The quantitative estimate of drug-likeness (QED) is 0.594. The highest BCUT2D eigenvalue weighted by atomic mass is 35.5. The van der Waals surface area contributed by atoms with E-state index in [0.29, 0.717) is 54.0 Å². The molecule has 176 valence electrons. The lowest BCUT2D eigenvalue weighted by Crippen LogP contribution is -2.51. The Bertz CT molecular complexity index is 1220. The summed E-state index contributed by atoms with van der Waals surface area (Å²) in [6.45, 7) is 3.55. The van der Waals surface area contributed by atoms with E-state index >= 15 is 0 Å². The first-order valence-electron chi connectivity index (χ1n) is 10.8. The SMILES string of the molecule is CC(=O)N1CCN(C(=O)Nc2cc(-c3ccc(NC(=O)c4ccccc4Cl)cc3)nn2C)CC1. The Morgan fingerprint density at radius 3 is 2.21 bits per heavy atom. The van der Waals surface area contributed by atoms with E-state index in [-0.39, 0.29) is 17.8 Å². The molecule has 0 unspecified atom stereocenters. The van der Waals surface area contributed by atoms with Crippen molar-refractivity contribution in [3.63, 3.8) is 0 Å². The molecule has 1 saturated heterocycles. The van der Waals surface area contributed by atoms with Crippen molar-refractivity contribution in [3.8, 4) is 11.3 Å². The number of nitrogens with one attached hydrogen (secondary N) is 2. The molecule has 1 fully saturated rings. The van der Waals surface area contributed by atoms with Crippen molar-refractivity contribution in [3.05, 3.63) is 65.2 Å². The third-order valence-electron chi connectivity index (χ3n) is 5.68. The van der Waals surface area contributed by atoms with E-state index in [9.17, 15) is 14.4 Å². The Morgan fingerprint density at radius 1 is 0.912 bits per heavy atom. The number of piperazine rings is 1. The van der Waals surface area contributed by atoms with Gasteiger partial charge < -0.3 is 15.1 Å². The first-order valence-corrected chi connectivity index (χ1v) is 11.2. The molecule has 1 aliphatic rings. The number of rotatable bonds is 4. The van der Waals surface area contributed by atoms with Crippen LogP contribution in [0.3, 0.4) is 0 Å². The van der Waals surface area contributed by atoms with E-state index in [1.165, 1.54) is 6.92 Å². The van der Waals surface area contributed by atoms with Crippen molar-refractivity contribution < 1.29 is 14.4 Å². The number of anilines is 2. The van der Waals surface area contributed by atoms with Crippen molar-refractivity contribution in [2.45, 2.75) is 6.92 Å². The van der Waals surface area contributed by atoms with Gasteiger partial charge in [-0.15, -0.1) is 0 Å². The number of aromatic nitrogens is 2. The number of halogens is 1. The van der Waals surface area contributed by atoms with Gasteiger partial charge in [-0.25, -0.2) is 4.79 Å².